The Bertz CT molecular complexity index is 634. The Morgan fingerprint density at radius 2 is 2.19 bits per heavy atom. The van der Waals surface area contributed by atoms with Gasteiger partial charge in [-0.25, -0.2) is 4.98 Å². The highest BCUT2D eigenvalue weighted by atomic mass is 16.6. The molecule has 0 fully saturated rings. The lowest BCUT2D eigenvalue weighted by Crippen LogP contribution is -2.25. The van der Waals surface area contributed by atoms with Crippen molar-refractivity contribution in [3.8, 4) is 11.3 Å². The van der Waals surface area contributed by atoms with Gasteiger partial charge in [0.15, 0.2) is 0 Å². The third kappa shape index (κ3) is 3.88. The molecule has 6 heteroatoms. The van der Waals surface area contributed by atoms with Crippen LogP contribution in [0.5, 0.6) is 0 Å². The number of non-ortho nitro benzene ring substituents is 1. The molecule has 112 valence electrons. The zero-order valence-corrected chi connectivity index (χ0v) is 12.5. The van der Waals surface area contributed by atoms with E-state index in [1.165, 1.54) is 6.07 Å². The minimum Gasteiger partial charge on any atom is -0.346 e. The Morgan fingerprint density at radius 1 is 1.43 bits per heavy atom. The van der Waals surface area contributed by atoms with Gasteiger partial charge in [-0.05, 0) is 6.92 Å². The SMILES string of the molecule is Cc1[nH]c(CCNC(C)C)nc1-c1cccc([N+](=O)[O-])c1. The lowest BCUT2D eigenvalue weighted by molar-refractivity contribution is -0.384. The fourth-order valence-electron chi connectivity index (χ4n) is 2.17. The Morgan fingerprint density at radius 3 is 2.86 bits per heavy atom. The van der Waals surface area contributed by atoms with Crippen LogP contribution in [0.4, 0.5) is 5.69 Å². The lowest BCUT2D eigenvalue weighted by atomic mass is 10.1. The number of hydrogen-bond donors (Lipinski definition) is 2. The van der Waals surface area contributed by atoms with Crippen molar-refractivity contribution < 1.29 is 4.92 Å². The second-order valence-corrected chi connectivity index (χ2v) is 5.32. The summed E-state index contributed by atoms with van der Waals surface area (Å²) in [6, 6.07) is 7.00. The average molecular weight is 288 g/mol. The molecule has 1 aromatic heterocycles. The first-order chi connectivity index (χ1) is 9.97. The molecular weight excluding hydrogens is 268 g/mol. The summed E-state index contributed by atoms with van der Waals surface area (Å²) in [6.45, 7) is 6.98. The van der Waals surface area contributed by atoms with Gasteiger partial charge in [0, 0.05) is 42.4 Å². The maximum absolute atomic E-state index is 10.8. The van der Waals surface area contributed by atoms with Crippen LogP contribution in [0.25, 0.3) is 11.3 Å². The number of nitro groups is 1. The molecule has 21 heavy (non-hydrogen) atoms. The predicted octanol–water partition coefficient (Wildman–Crippen LogP) is 2.83. The summed E-state index contributed by atoms with van der Waals surface area (Å²) < 4.78 is 0. The van der Waals surface area contributed by atoms with Crippen molar-refractivity contribution >= 4 is 5.69 Å². The van der Waals surface area contributed by atoms with Crippen molar-refractivity contribution in [2.75, 3.05) is 6.54 Å². The highest BCUT2D eigenvalue weighted by Crippen LogP contribution is 2.25. The van der Waals surface area contributed by atoms with Crippen molar-refractivity contribution in [1.82, 2.24) is 15.3 Å². The lowest BCUT2D eigenvalue weighted by Gasteiger charge is -2.05. The number of rotatable bonds is 6. The summed E-state index contributed by atoms with van der Waals surface area (Å²) >= 11 is 0. The van der Waals surface area contributed by atoms with Crippen LogP contribution >= 0.6 is 0 Å². The molecule has 6 nitrogen and oxygen atoms in total. The summed E-state index contributed by atoms with van der Waals surface area (Å²) in [5.74, 6) is 0.891. The fraction of sp³-hybridized carbons (Fsp3) is 0.400. The molecule has 0 atom stereocenters. The van der Waals surface area contributed by atoms with E-state index in [1.807, 2.05) is 13.0 Å². The van der Waals surface area contributed by atoms with Crippen LogP contribution in [0, 0.1) is 17.0 Å². The Balaban J connectivity index is 2.18. The second kappa shape index (κ2) is 6.49. The molecule has 0 aliphatic carbocycles. The minimum absolute atomic E-state index is 0.0814. The molecule has 0 spiro atoms. The van der Waals surface area contributed by atoms with Gasteiger partial charge in [0.1, 0.15) is 5.82 Å². The molecule has 2 aromatic rings. The first kappa shape index (κ1) is 15.2. The molecule has 0 unspecified atom stereocenters. The number of nitrogens with zero attached hydrogens (tertiary/aromatic N) is 2. The summed E-state index contributed by atoms with van der Waals surface area (Å²) in [7, 11) is 0. The van der Waals surface area contributed by atoms with E-state index in [-0.39, 0.29) is 10.6 Å². The molecule has 0 radical (unpaired) electrons. The fourth-order valence-corrected chi connectivity index (χ4v) is 2.17. The summed E-state index contributed by atoms with van der Waals surface area (Å²) in [6.07, 6.45) is 0.800. The molecule has 0 saturated carbocycles. The molecule has 0 bridgehead atoms. The van der Waals surface area contributed by atoms with Crippen LogP contribution in [0.2, 0.25) is 0 Å². The van der Waals surface area contributed by atoms with Crippen molar-refractivity contribution in [1.29, 1.82) is 0 Å². The van der Waals surface area contributed by atoms with Crippen LogP contribution in [0.15, 0.2) is 24.3 Å². The first-order valence-electron chi connectivity index (χ1n) is 7.01. The van der Waals surface area contributed by atoms with Crippen molar-refractivity contribution in [3.05, 3.63) is 45.9 Å². The molecule has 1 aromatic carbocycles. The Hall–Kier alpha value is -2.21. The highest BCUT2D eigenvalue weighted by Gasteiger charge is 2.12. The van der Waals surface area contributed by atoms with Crippen molar-refractivity contribution in [2.45, 2.75) is 33.2 Å². The number of benzene rings is 1. The number of nitro benzene ring substituents is 1. The number of imidazole rings is 1. The van der Waals surface area contributed by atoms with Gasteiger partial charge in [-0.3, -0.25) is 10.1 Å². The van der Waals surface area contributed by atoms with E-state index in [4.69, 9.17) is 0 Å². The maximum atomic E-state index is 10.8. The summed E-state index contributed by atoms with van der Waals surface area (Å²) in [5, 5.41) is 14.2. The van der Waals surface area contributed by atoms with Crippen LogP contribution in [-0.4, -0.2) is 27.5 Å². The zero-order chi connectivity index (χ0) is 15.4. The molecular formula is C15H20N4O2. The third-order valence-electron chi connectivity index (χ3n) is 3.18. The van der Waals surface area contributed by atoms with Crippen molar-refractivity contribution in [2.24, 2.45) is 0 Å². The molecule has 0 aliphatic heterocycles. The van der Waals surface area contributed by atoms with Crippen molar-refractivity contribution in [3.63, 3.8) is 0 Å². The predicted molar refractivity (Wildman–Crippen MR) is 82.3 cm³/mol. The van der Waals surface area contributed by atoms with Gasteiger partial charge in [-0.2, -0.15) is 0 Å². The normalized spacial score (nSPS) is 11.0. The first-order valence-corrected chi connectivity index (χ1v) is 7.01. The molecule has 0 aliphatic rings. The van der Waals surface area contributed by atoms with E-state index >= 15 is 0 Å². The zero-order valence-electron chi connectivity index (χ0n) is 12.5. The van der Waals surface area contributed by atoms with Gasteiger partial charge in [0.25, 0.3) is 5.69 Å². The van der Waals surface area contributed by atoms with Crippen LogP contribution in [-0.2, 0) is 6.42 Å². The van der Waals surface area contributed by atoms with Crippen LogP contribution in [0.3, 0.4) is 0 Å². The van der Waals surface area contributed by atoms with Gasteiger partial charge < -0.3 is 10.3 Å². The van der Waals surface area contributed by atoms with Crippen LogP contribution in [0.1, 0.15) is 25.4 Å². The van der Waals surface area contributed by atoms with Gasteiger partial charge in [0.2, 0.25) is 0 Å². The summed E-state index contributed by atoms with van der Waals surface area (Å²) in [4.78, 5) is 18.3. The second-order valence-electron chi connectivity index (χ2n) is 5.32. The summed E-state index contributed by atoms with van der Waals surface area (Å²) in [5.41, 5.74) is 2.55. The number of aromatic amines is 1. The van der Waals surface area contributed by atoms with Crippen LogP contribution < -0.4 is 5.32 Å². The Labute approximate surface area is 123 Å². The quantitative estimate of drug-likeness (QED) is 0.632. The van der Waals surface area contributed by atoms with Gasteiger partial charge in [-0.15, -0.1) is 0 Å². The average Bonchev–Trinajstić information content (AvgIpc) is 2.79. The largest absolute Gasteiger partial charge is 0.346 e. The van der Waals surface area contributed by atoms with E-state index < -0.39 is 0 Å². The number of hydrogen-bond acceptors (Lipinski definition) is 4. The van der Waals surface area contributed by atoms with E-state index in [0.717, 1.165) is 35.7 Å². The monoisotopic (exact) mass is 288 g/mol. The molecule has 1 heterocycles. The third-order valence-corrected chi connectivity index (χ3v) is 3.18. The van der Waals surface area contributed by atoms with E-state index in [2.05, 4.69) is 29.1 Å². The van der Waals surface area contributed by atoms with E-state index in [9.17, 15) is 10.1 Å². The Kier molecular flexibility index (Phi) is 4.70. The van der Waals surface area contributed by atoms with E-state index in [1.54, 1.807) is 12.1 Å². The van der Waals surface area contributed by atoms with E-state index in [0.29, 0.717) is 6.04 Å². The number of nitrogens with one attached hydrogen (secondary N) is 2. The minimum atomic E-state index is -0.390. The number of aryl methyl sites for hydroxylation is 1. The molecule has 2 N–H and O–H groups in total. The topological polar surface area (TPSA) is 83.8 Å². The standard InChI is InChI=1S/C15H20N4O2/c1-10(2)16-8-7-14-17-11(3)15(18-14)12-5-4-6-13(9-12)19(20)21/h4-6,9-10,16H,7-8H2,1-3H3,(H,17,18). The van der Waals surface area contributed by atoms with Gasteiger partial charge >= 0.3 is 0 Å². The molecule has 0 saturated heterocycles. The highest BCUT2D eigenvalue weighted by molar-refractivity contribution is 5.64. The number of H-pyrrole nitrogens is 1. The van der Waals surface area contributed by atoms with Gasteiger partial charge in [-0.1, -0.05) is 26.0 Å². The number of aromatic nitrogens is 2. The van der Waals surface area contributed by atoms with Gasteiger partial charge in [0.05, 0.1) is 10.6 Å². The molecule has 0 amide bonds. The maximum Gasteiger partial charge on any atom is 0.270 e. The smallest absolute Gasteiger partial charge is 0.270 e. The molecule has 2 rings (SSSR count).